The van der Waals surface area contributed by atoms with Crippen LogP contribution in [0.25, 0.3) is 0 Å². The third kappa shape index (κ3) is 6.40. The molecule has 1 aromatic heterocycles. The smallest absolute Gasteiger partial charge is 0.416 e. The lowest BCUT2D eigenvalue weighted by Gasteiger charge is -2.36. The SMILES string of the molecule is Cc1cc(C)nc(OCC(=O)N(C)C2CCN(Cc3ccc(C(F)(F)F)cc3)CC2)n1. The number of rotatable bonds is 6. The van der Waals surface area contributed by atoms with E-state index in [4.69, 9.17) is 4.74 Å². The third-order valence-corrected chi connectivity index (χ3v) is 5.47. The normalized spacial score (nSPS) is 15.7. The van der Waals surface area contributed by atoms with Gasteiger partial charge in [-0.1, -0.05) is 12.1 Å². The number of hydrogen-bond donors (Lipinski definition) is 0. The second-order valence-electron chi connectivity index (χ2n) is 7.93. The molecule has 1 aliphatic heterocycles. The van der Waals surface area contributed by atoms with Crippen LogP contribution in [-0.2, 0) is 17.5 Å². The van der Waals surface area contributed by atoms with Crippen molar-refractivity contribution in [2.24, 2.45) is 0 Å². The molecule has 1 fully saturated rings. The fourth-order valence-corrected chi connectivity index (χ4v) is 3.71. The molecule has 1 saturated heterocycles. The summed E-state index contributed by atoms with van der Waals surface area (Å²) in [7, 11) is 1.77. The Morgan fingerprint density at radius 2 is 1.71 bits per heavy atom. The Hall–Kier alpha value is -2.68. The van der Waals surface area contributed by atoms with Gasteiger partial charge in [-0.05, 0) is 50.5 Å². The summed E-state index contributed by atoms with van der Waals surface area (Å²) in [6, 6.07) is 7.42. The molecule has 0 radical (unpaired) electrons. The lowest BCUT2D eigenvalue weighted by atomic mass is 10.0. The van der Waals surface area contributed by atoms with Crippen LogP contribution in [0.5, 0.6) is 6.01 Å². The zero-order valence-corrected chi connectivity index (χ0v) is 17.9. The molecule has 31 heavy (non-hydrogen) atoms. The van der Waals surface area contributed by atoms with Gasteiger partial charge in [0, 0.05) is 44.1 Å². The Kier molecular flexibility index (Phi) is 7.15. The number of alkyl halides is 3. The van der Waals surface area contributed by atoms with E-state index in [-0.39, 0.29) is 24.6 Å². The molecule has 2 heterocycles. The molecule has 0 atom stereocenters. The highest BCUT2D eigenvalue weighted by Crippen LogP contribution is 2.29. The largest absolute Gasteiger partial charge is 0.453 e. The Morgan fingerprint density at radius 3 is 2.26 bits per heavy atom. The summed E-state index contributed by atoms with van der Waals surface area (Å²) in [5, 5.41) is 0. The fraction of sp³-hybridized carbons (Fsp3) is 0.500. The molecule has 6 nitrogen and oxygen atoms in total. The maximum absolute atomic E-state index is 12.7. The number of aryl methyl sites for hydroxylation is 2. The summed E-state index contributed by atoms with van der Waals surface area (Å²) in [5.41, 5.74) is 1.77. The van der Waals surface area contributed by atoms with Crippen molar-refractivity contribution in [3.05, 3.63) is 52.8 Å². The first kappa shape index (κ1) is 23.0. The first-order valence-corrected chi connectivity index (χ1v) is 10.2. The minimum absolute atomic E-state index is 0.0973. The van der Waals surface area contributed by atoms with Crippen molar-refractivity contribution in [3.8, 4) is 6.01 Å². The van der Waals surface area contributed by atoms with Crippen molar-refractivity contribution < 1.29 is 22.7 Å². The van der Waals surface area contributed by atoms with Gasteiger partial charge in [0.25, 0.3) is 5.91 Å². The topological polar surface area (TPSA) is 58.6 Å². The average molecular weight is 436 g/mol. The molecular formula is C22H27F3N4O2. The van der Waals surface area contributed by atoms with Gasteiger partial charge in [0.15, 0.2) is 6.61 Å². The number of ether oxygens (including phenoxy) is 1. The van der Waals surface area contributed by atoms with Crippen molar-refractivity contribution in [2.45, 2.75) is 45.5 Å². The number of likely N-dealkylation sites (tertiary alicyclic amines) is 1. The van der Waals surface area contributed by atoms with Crippen LogP contribution in [0.4, 0.5) is 13.2 Å². The summed E-state index contributed by atoms with van der Waals surface area (Å²) in [5.74, 6) is -0.135. The fourth-order valence-electron chi connectivity index (χ4n) is 3.71. The van der Waals surface area contributed by atoms with Gasteiger partial charge in [-0.15, -0.1) is 0 Å². The van der Waals surface area contributed by atoms with Crippen LogP contribution in [0.2, 0.25) is 0 Å². The lowest BCUT2D eigenvalue weighted by Crippen LogP contribution is -2.46. The number of nitrogens with zero attached hydrogens (tertiary/aromatic N) is 4. The summed E-state index contributed by atoms with van der Waals surface area (Å²) in [6.45, 7) is 5.69. The minimum atomic E-state index is -4.32. The van der Waals surface area contributed by atoms with Crippen LogP contribution in [0, 0.1) is 13.8 Å². The molecular weight excluding hydrogens is 409 g/mol. The third-order valence-electron chi connectivity index (χ3n) is 5.47. The van der Waals surface area contributed by atoms with Gasteiger partial charge >= 0.3 is 12.2 Å². The van der Waals surface area contributed by atoms with Crippen molar-refractivity contribution in [3.63, 3.8) is 0 Å². The summed E-state index contributed by atoms with van der Waals surface area (Å²) < 4.78 is 43.5. The van der Waals surface area contributed by atoms with Crippen LogP contribution in [0.1, 0.15) is 35.4 Å². The molecule has 1 aliphatic rings. The Bertz CT molecular complexity index is 874. The van der Waals surface area contributed by atoms with E-state index in [0.29, 0.717) is 6.54 Å². The van der Waals surface area contributed by atoms with Crippen LogP contribution < -0.4 is 4.74 Å². The molecule has 3 rings (SSSR count). The average Bonchev–Trinajstić information content (AvgIpc) is 2.71. The number of aromatic nitrogens is 2. The number of piperidine rings is 1. The zero-order valence-electron chi connectivity index (χ0n) is 17.9. The number of carbonyl (C=O) groups excluding carboxylic acids is 1. The van der Waals surface area contributed by atoms with E-state index in [0.717, 1.165) is 55.0 Å². The van der Waals surface area contributed by atoms with E-state index in [1.807, 2.05) is 19.9 Å². The Labute approximate surface area is 180 Å². The highest BCUT2D eigenvalue weighted by atomic mass is 19.4. The number of amides is 1. The molecule has 0 aliphatic carbocycles. The van der Waals surface area contributed by atoms with Gasteiger partial charge in [0.05, 0.1) is 5.56 Å². The molecule has 1 aromatic carbocycles. The van der Waals surface area contributed by atoms with Crippen molar-refractivity contribution in [2.75, 3.05) is 26.7 Å². The Morgan fingerprint density at radius 1 is 1.13 bits per heavy atom. The maximum atomic E-state index is 12.7. The first-order valence-electron chi connectivity index (χ1n) is 10.2. The molecule has 1 amide bonds. The number of halogens is 3. The van der Waals surface area contributed by atoms with Crippen LogP contribution >= 0.6 is 0 Å². The van der Waals surface area contributed by atoms with Gasteiger partial charge in [0.2, 0.25) is 0 Å². The predicted molar refractivity (Wildman–Crippen MR) is 110 cm³/mol. The van der Waals surface area contributed by atoms with E-state index >= 15 is 0 Å². The quantitative estimate of drug-likeness (QED) is 0.693. The van der Waals surface area contributed by atoms with Crippen molar-refractivity contribution >= 4 is 5.91 Å². The van der Waals surface area contributed by atoms with E-state index < -0.39 is 11.7 Å². The molecule has 0 spiro atoms. The van der Waals surface area contributed by atoms with E-state index in [1.165, 1.54) is 12.1 Å². The van der Waals surface area contributed by atoms with Gasteiger partial charge in [-0.3, -0.25) is 9.69 Å². The highest BCUT2D eigenvalue weighted by Gasteiger charge is 2.30. The number of likely N-dealkylation sites (N-methyl/N-ethyl adjacent to an activating group) is 1. The Balaban J connectivity index is 1.45. The highest BCUT2D eigenvalue weighted by molar-refractivity contribution is 5.77. The minimum Gasteiger partial charge on any atom is -0.453 e. The van der Waals surface area contributed by atoms with Gasteiger partial charge in [0.1, 0.15) is 0 Å². The monoisotopic (exact) mass is 436 g/mol. The maximum Gasteiger partial charge on any atom is 0.416 e. The summed E-state index contributed by atoms with van der Waals surface area (Å²) in [4.78, 5) is 24.8. The van der Waals surface area contributed by atoms with Crippen LogP contribution in [-0.4, -0.2) is 58.5 Å². The van der Waals surface area contributed by atoms with E-state index in [1.54, 1.807) is 11.9 Å². The molecule has 0 unspecified atom stereocenters. The van der Waals surface area contributed by atoms with Gasteiger partial charge in [-0.2, -0.15) is 13.2 Å². The molecule has 2 aromatic rings. The molecule has 0 saturated carbocycles. The number of carbonyl (C=O) groups is 1. The standard InChI is InChI=1S/C22H27F3N4O2/c1-15-12-16(2)27-21(26-15)31-14-20(30)28(3)19-8-10-29(11-9-19)13-17-4-6-18(7-5-17)22(23,24)25/h4-7,12,19H,8-11,13-14H2,1-3H3. The molecule has 0 N–H and O–H groups in total. The molecule has 168 valence electrons. The summed E-state index contributed by atoms with van der Waals surface area (Å²) in [6.07, 6.45) is -2.73. The van der Waals surface area contributed by atoms with E-state index in [2.05, 4.69) is 14.9 Å². The molecule has 0 bridgehead atoms. The summed E-state index contributed by atoms with van der Waals surface area (Å²) >= 11 is 0. The zero-order chi connectivity index (χ0) is 22.6. The van der Waals surface area contributed by atoms with E-state index in [9.17, 15) is 18.0 Å². The molecule has 9 heteroatoms. The number of benzene rings is 1. The van der Waals surface area contributed by atoms with Gasteiger partial charge < -0.3 is 9.64 Å². The van der Waals surface area contributed by atoms with Crippen LogP contribution in [0.15, 0.2) is 30.3 Å². The lowest BCUT2D eigenvalue weighted by molar-refractivity contribution is -0.137. The van der Waals surface area contributed by atoms with Gasteiger partial charge in [-0.25, -0.2) is 9.97 Å². The van der Waals surface area contributed by atoms with Crippen molar-refractivity contribution in [1.29, 1.82) is 0 Å². The van der Waals surface area contributed by atoms with Crippen molar-refractivity contribution in [1.82, 2.24) is 19.8 Å². The second-order valence-corrected chi connectivity index (χ2v) is 7.93. The second kappa shape index (κ2) is 9.64. The van der Waals surface area contributed by atoms with Crippen LogP contribution in [0.3, 0.4) is 0 Å². The first-order chi connectivity index (χ1) is 14.6. The number of hydrogen-bond acceptors (Lipinski definition) is 5. The predicted octanol–water partition coefficient (Wildman–Crippen LogP) is 3.61.